The molecule has 2 saturated heterocycles. The molecule has 0 aromatic heterocycles. The molecule has 2 fully saturated rings. The maximum Gasteiger partial charge on any atom is 0.295 e. The predicted octanol–water partition coefficient (Wildman–Crippen LogP) is 3.73. The van der Waals surface area contributed by atoms with Gasteiger partial charge in [-0.05, 0) is 49.6 Å². The Kier molecular flexibility index (Phi) is 5.20. The molecule has 0 radical (unpaired) electrons. The van der Waals surface area contributed by atoms with Gasteiger partial charge in [0.15, 0.2) is 0 Å². The lowest BCUT2D eigenvalue weighted by molar-refractivity contribution is -0.140. The first-order chi connectivity index (χ1) is 14.0. The van der Waals surface area contributed by atoms with Crippen molar-refractivity contribution in [3.8, 4) is 0 Å². The Balaban J connectivity index is 1.81. The highest BCUT2D eigenvalue weighted by Gasteiger charge is 2.47. The van der Waals surface area contributed by atoms with Crippen LogP contribution in [-0.4, -0.2) is 41.0 Å². The van der Waals surface area contributed by atoms with E-state index in [0.717, 1.165) is 24.0 Å². The third-order valence-electron chi connectivity index (χ3n) is 5.48. The van der Waals surface area contributed by atoms with Crippen LogP contribution in [0.15, 0.2) is 54.1 Å². The number of aliphatic hydroxyl groups excluding tert-OH is 1. The third kappa shape index (κ3) is 3.68. The summed E-state index contributed by atoms with van der Waals surface area (Å²) in [6.45, 7) is 2.87. The quantitative estimate of drug-likeness (QED) is 0.487. The average Bonchev–Trinajstić information content (AvgIpc) is 3.31. The van der Waals surface area contributed by atoms with Gasteiger partial charge in [-0.1, -0.05) is 29.8 Å². The summed E-state index contributed by atoms with van der Waals surface area (Å²) in [5, 5.41) is 10.9. The first-order valence-corrected chi connectivity index (χ1v) is 9.68. The molecule has 150 valence electrons. The number of aliphatic hydroxyl groups is 1. The number of carbonyl (C=O) groups excluding carboxylic acids is 2. The van der Waals surface area contributed by atoms with Gasteiger partial charge in [-0.3, -0.25) is 9.59 Å². The van der Waals surface area contributed by atoms with E-state index >= 15 is 0 Å². The zero-order valence-electron chi connectivity index (χ0n) is 16.1. The van der Waals surface area contributed by atoms with Crippen LogP contribution in [0, 0.1) is 12.7 Å². The molecule has 6 heteroatoms. The fourth-order valence-electron chi connectivity index (χ4n) is 3.93. The average molecular weight is 395 g/mol. The zero-order valence-corrected chi connectivity index (χ0v) is 16.1. The van der Waals surface area contributed by atoms with E-state index < -0.39 is 23.5 Å². The Bertz CT molecular complexity index is 959. The van der Waals surface area contributed by atoms with Gasteiger partial charge in [0.2, 0.25) is 0 Å². The number of benzene rings is 2. The lowest BCUT2D eigenvalue weighted by Crippen LogP contribution is -2.36. The summed E-state index contributed by atoms with van der Waals surface area (Å²) >= 11 is 0. The van der Waals surface area contributed by atoms with Crippen LogP contribution in [0.2, 0.25) is 0 Å². The summed E-state index contributed by atoms with van der Waals surface area (Å²) in [6.07, 6.45) is 1.60. The van der Waals surface area contributed by atoms with Crippen molar-refractivity contribution in [1.82, 2.24) is 4.90 Å². The topological polar surface area (TPSA) is 66.8 Å². The summed E-state index contributed by atoms with van der Waals surface area (Å²) in [5.74, 6) is -2.15. The van der Waals surface area contributed by atoms with Crippen molar-refractivity contribution in [1.29, 1.82) is 0 Å². The van der Waals surface area contributed by atoms with Gasteiger partial charge in [-0.2, -0.15) is 0 Å². The molecule has 0 saturated carbocycles. The fourth-order valence-corrected chi connectivity index (χ4v) is 3.93. The molecular weight excluding hydrogens is 373 g/mol. The molecule has 29 heavy (non-hydrogen) atoms. The molecule has 0 aliphatic carbocycles. The van der Waals surface area contributed by atoms with Crippen LogP contribution in [0.3, 0.4) is 0 Å². The molecule has 2 atom stereocenters. The van der Waals surface area contributed by atoms with Crippen molar-refractivity contribution in [2.24, 2.45) is 0 Å². The molecule has 2 aromatic rings. The number of hydrogen-bond acceptors (Lipinski definition) is 4. The number of amides is 1. The number of ether oxygens (including phenoxy) is 1. The SMILES string of the molecule is Cc1ccc(C2/C(=C(\O)c3ccc(F)cc3)C(=O)C(=O)N2CC2CCCO2)cc1. The minimum absolute atomic E-state index is 0.0171. The molecule has 5 nitrogen and oxygen atoms in total. The Morgan fingerprint density at radius 3 is 2.45 bits per heavy atom. The number of aryl methyl sites for hydroxylation is 1. The Labute approximate surface area is 168 Å². The lowest BCUT2D eigenvalue weighted by atomic mass is 9.94. The van der Waals surface area contributed by atoms with E-state index in [1.807, 2.05) is 31.2 Å². The highest BCUT2D eigenvalue weighted by atomic mass is 19.1. The van der Waals surface area contributed by atoms with E-state index in [4.69, 9.17) is 4.74 Å². The van der Waals surface area contributed by atoms with Crippen molar-refractivity contribution in [3.05, 3.63) is 76.6 Å². The van der Waals surface area contributed by atoms with Crippen LogP contribution in [-0.2, 0) is 14.3 Å². The lowest BCUT2D eigenvalue weighted by Gasteiger charge is -2.27. The van der Waals surface area contributed by atoms with Crippen LogP contribution >= 0.6 is 0 Å². The van der Waals surface area contributed by atoms with Gasteiger partial charge in [0.1, 0.15) is 11.6 Å². The molecule has 2 heterocycles. The molecule has 4 rings (SSSR count). The maximum absolute atomic E-state index is 13.3. The number of hydrogen-bond donors (Lipinski definition) is 1. The second-order valence-corrected chi connectivity index (χ2v) is 7.50. The molecule has 2 aromatic carbocycles. The predicted molar refractivity (Wildman–Crippen MR) is 106 cm³/mol. The summed E-state index contributed by atoms with van der Waals surface area (Å²) in [7, 11) is 0. The monoisotopic (exact) mass is 395 g/mol. The van der Waals surface area contributed by atoms with Crippen LogP contribution in [0.4, 0.5) is 4.39 Å². The standard InChI is InChI=1S/C23H22FNO4/c1-14-4-6-15(7-5-14)20-19(21(26)16-8-10-17(24)11-9-16)22(27)23(28)25(20)13-18-3-2-12-29-18/h4-11,18,20,26H,2-3,12-13H2,1H3/b21-19+. The van der Waals surface area contributed by atoms with Crippen LogP contribution in [0.5, 0.6) is 0 Å². The zero-order chi connectivity index (χ0) is 20.5. The van der Waals surface area contributed by atoms with Crippen molar-refractivity contribution in [2.75, 3.05) is 13.2 Å². The second kappa shape index (κ2) is 7.79. The van der Waals surface area contributed by atoms with E-state index in [1.54, 1.807) is 0 Å². The largest absolute Gasteiger partial charge is 0.507 e. The third-order valence-corrected chi connectivity index (χ3v) is 5.48. The van der Waals surface area contributed by atoms with E-state index in [2.05, 4.69) is 0 Å². The van der Waals surface area contributed by atoms with Gasteiger partial charge in [0.25, 0.3) is 11.7 Å². The minimum Gasteiger partial charge on any atom is -0.507 e. The summed E-state index contributed by atoms with van der Waals surface area (Å²) in [5.41, 5.74) is 2.09. The molecule has 1 N–H and O–H groups in total. The molecular formula is C23H22FNO4. The normalized spacial score (nSPS) is 23.7. The van der Waals surface area contributed by atoms with Gasteiger partial charge in [-0.15, -0.1) is 0 Å². The number of Topliss-reactive ketones (excluding diaryl/α,β-unsaturated/α-hetero) is 1. The Morgan fingerprint density at radius 2 is 1.83 bits per heavy atom. The highest BCUT2D eigenvalue weighted by Crippen LogP contribution is 2.40. The van der Waals surface area contributed by atoms with E-state index in [0.29, 0.717) is 12.2 Å². The maximum atomic E-state index is 13.3. The van der Waals surface area contributed by atoms with E-state index in [9.17, 15) is 19.1 Å². The molecule has 2 unspecified atom stereocenters. The number of carbonyl (C=O) groups is 2. The Hall–Kier alpha value is -2.99. The Morgan fingerprint density at radius 1 is 1.14 bits per heavy atom. The van der Waals surface area contributed by atoms with Gasteiger partial charge < -0.3 is 14.7 Å². The van der Waals surface area contributed by atoms with Gasteiger partial charge in [-0.25, -0.2) is 4.39 Å². The van der Waals surface area contributed by atoms with Crippen molar-refractivity contribution in [2.45, 2.75) is 31.9 Å². The minimum atomic E-state index is -0.740. The van der Waals surface area contributed by atoms with Crippen LogP contribution < -0.4 is 0 Å². The van der Waals surface area contributed by atoms with E-state index in [-0.39, 0.29) is 24.0 Å². The van der Waals surface area contributed by atoms with Gasteiger partial charge in [0.05, 0.1) is 17.7 Å². The summed E-state index contributed by atoms with van der Waals surface area (Å²) in [6, 6.07) is 12.0. The second-order valence-electron chi connectivity index (χ2n) is 7.50. The molecule has 2 aliphatic heterocycles. The van der Waals surface area contributed by atoms with Crippen LogP contribution in [0.25, 0.3) is 5.76 Å². The molecule has 2 aliphatic rings. The van der Waals surface area contributed by atoms with Crippen LogP contribution in [0.1, 0.15) is 35.6 Å². The summed E-state index contributed by atoms with van der Waals surface area (Å²) in [4.78, 5) is 27.2. The van der Waals surface area contributed by atoms with Gasteiger partial charge >= 0.3 is 0 Å². The number of ketones is 1. The smallest absolute Gasteiger partial charge is 0.295 e. The highest BCUT2D eigenvalue weighted by molar-refractivity contribution is 6.46. The summed E-state index contributed by atoms with van der Waals surface area (Å²) < 4.78 is 19.0. The number of halogens is 1. The molecule has 1 amide bonds. The van der Waals surface area contributed by atoms with Crippen molar-refractivity contribution >= 4 is 17.4 Å². The number of likely N-dealkylation sites (tertiary alicyclic amines) is 1. The van der Waals surface area contributed by atoms with Crippen molar-refractivity contribution < 1.29 is 23.8 Å². The van der Waals surface area contributed by atoms with Crippen molar-refractivity contribution in [3.63, 3.8) is 0 Å². The number of rotatable bonds is 4. The molecule has 0 bridgehead atoms. The molecule has 0 spiro atoms. The first-order valence-electron chi connectivity index (χ1n) is 9.68. The number of nitrogens with zero attached hydrogens (tertiary/aromatic N) is 1. The first kappa shape index (κ1) is 19.3. The van der Waals surface area contributed by atoms with E-state index in [1.165, 1.54) is 29.2 Å². The fraction of sp³-hybridized carbons (Fsp3) is 0.304. The van der Waals surface area contributed by atoms with Gasteiger partial charge in [0, 0.05) is 18.7 Å².